The maximum absolute atomic E-state index is 11.4. The minimum absolute atomic E-state index is 0.0161. The molecule has 0 fully saturated rings. The number of esters is 1. The average molecular weight is 185 g/mol. The summed E-state index contributed by atoms with van der Waals surface area (Å²) in [6.07, 6.45) is 0. The van der Waals surface area contributed by atoms with Crippen molar-refractivity contribution >= 4 is 11.7 Å². The molecule has 1 N–H and O–H groups in total. The number of carbonyl (C=O) groups excluding carboxylic acids is 1. The van der Waals surface area contributed by atoms with Crippen molar-refractivity contribution < 1.29 is 9.53 Å². The van der Waals surface area contributed by atoms with Crippen molar-refractivity contribution in [1.29, 1.82) is 5.41 Å². The summed E-state index contributed by atoms with van der Waals surface area (Å²) in [6.45, 7) is 10.8. The minimum atomic E-state index is -0.528. The molecule has 0 aromatic carbocycles. The van der Waals surface area contributed by atoms with E-state index in [2.05, 4.69) is 0 Å². The molecule has 0 saturated heterocycles. The summed E-state index contributed by atoms with van der Waals surface area (Å²) in [5.74, 6) is -0.528. The second-order valence-electron chi connectivity index (χ2n) is 5.13. The Bertz CT molecular complexity index is 218. The highest BCUT2D eigenvalue weighted by molar-refractivity contribution is 6.37. The first kappa shape index (κ1) is 12.1. The van der Waals surface area contributed by atoms with E-state index >= 15 is 0 Å². The number of rotatable bonds is 1. The molecular weight excluding hydrogens is 166 g/mol. The van der Waals surface area contributed by atoms with Crippen LogP contribution in [0.25, 0.3) is 0 Å². The Balaban J connectivity index is 4.40. The molecule has 0 spiro atoms. The van der Waals surface area contributed by atoms with E-state index in [9.17, 15) is 4.79 Å². The van der Waals surface area contributed by atoms with Crippen LogP contribution in [0.15, 0.2) is 0 Å². The summed E-state index contributed by atoms with van der Waals surface area (Å²) < 4.78 is 5.06. The van der Waals surface area contributed by atoms with Gasteiger partial charge in [-0.3, -0.25) is 5.41 Å². The number of hydrogen-bond donors (Lipinski definition) is 1. The molecule has 0 aliphatic heterocycles. The first-order valence-electron chi connectivity index (χ1n) is 4.36. The van der Waals surface area contributed by atoms with Gasteiger partial charge in [-0.1, -0.05) is 20.8 Å². The molecule has 76 valence electrons. The summed E-state index contributed by atoms with van der Waals surface area (Å²) >= 11 is 0. The molecule has 0 radical (unpaired) electrons. The molecule has 3 nitrogen and oxygen atoms in total. The van der Waals surface area contributed by atoms with Crippen molar-refractivity contribution in [2.75, 3.05) is 0 Å². The molecule has 13 heavy (non-hydrogen) atoms. The minimum Gasteiger partial charge on any atom is -0.455 e. The standard InChI is InChI=1S/C10H19NO2/c1-9(2,3)7(11)8(12)13-10(4,5)6/h11H,1-6H3. The predicted molar refractivity (Wildman–Crippen MR) is 53.0 cm³/mol. The third-order valence-corrected chi connectivity index (χ3v) is 1.35. The van der Waals surface area contributed by atoms with E-state index in [4.69, 9.17) is 10.1 Å². The van der Waals surface area contributed by atoms with E-state index in [1.807, 2.05) is 20.8 Å². The van der Waals surface area contributed by atoms with Crippen LogP contribution in [0.5, 0.6) is 0 Å². The highest BCUT2D eigenvalue weighted by Gasteiger charge is 2.28. The van der Waals surface area contributed by atoms with Crippen molar-refractivity contribution in [3.05, 3.63) is 0 Å². The van der Waals surface area contributed by atoms with Gasteiger partial charge in [0.2, 0.25) is 0 Å². The van der Waals surface area contributed by atoms with E-state index in [0.717, 1.165) is 0 Å². The highest BCUT2D eigenvalue weighted by atomic mass is 16.6. The summed E-state index contributed by atoms with van der Waals surface area (Å²) in [4.78, 5) is 11.4. The van der Waals surface area contributed by atoms with Gasteiger partial charge in [-0.05, 0) is 20.8 Å². The van der Waals surface area contributed by atoms with Gasteiger partial charge >= 0.3 is 5.97 Å². The third-order valence-electron chi connectivity index (χ3n) is 1.35. The summed E-state index contributed by atoms with van der Waals surface area (Å²) in [7, 11) is 0. The molecule has 0 rings (SSSR count). The van der Waals surface area contributed by atoms with Gasteiger partial charge in [-0.2, -0.15) is 0 Å². The van der Waals surface area contributed by atoms with Crippen molar-refractivity contribution in [3.63, 3.8) is 0 Å². The topological polar surface area (TPSA) is 50.2 Å². The lowest BCUT2D eigenvalue weighted by molar-refractivity contribution is -0.146. The fourth-order valence-corrected chi connectivity index (χ4v) is 0.635. The Morgan fingerprint density at radius 3 is 1.69 bits per heavy atom. The van der Waals surface area contributed by atoms with Crippen LogP contribution >= 0.6 is 0 Å². The lowest BCUT2D eigenvalue weighted by Gasteiger charge is -2.24. The molecule has 0 aliphatic rings. The van der Waals surface area contributed by atoms with Gasteiger partial charge < -0.3 is 4.74 Å². The number of nitrogens with one attached hydrogen (secondary N) is 1. The highest BCUT2D eigenvalue weighted by Crippen LogP contribution is 2.18. The molecule has 0 heterocycles. The molecular formula is C10H19NO2. The van der Waals surface area contributed by atoms with E-state index in [0.29, 0.717) is 0 Å². The summed E-state index contributed by atoms with van der Waals surface area (Å²) in [5.41, 5.74) is -0.945. The molecule has 0 aliphatic carbocycles. The van der Waals surface area contributed by atoms with Crippen LogP contribution in [0.2, 0.25) is 0 Å². The molecule has 0 atom stereocenters. The number of ether oxygens (including phenoxy) is 1. The van der Waals surface area contributed by atoms with Gasteiger partial charge in [0.15, 0.2) is 0 Å². The van der Waals surface area contributed by atoms with Crippen molar-refractivity contribution in [3.8, 4) is 0 Å². The molecule has 0 saturated carbocycles. The zero-order valence-corrected chi connectivity index (χ0v) is 9.32. The van der Waals surface area contributed by atoms with Crippen LogP contribution in [0.3, 0.4) is 0 Å². The van der Waals surface area contributed by atoms with E-state index < -0.39 is 17.0 Å². The molecule has 0 aromatic rings. The van der Waals surface area contributed by atoms with Gasteiger partial charge in [0.1, 0.15) is 11.3 Å². The van der Waals surface area contributed by atoms with Crippen LogP contribution in [0.1, 0.15) is 41.5 Å². The van der Waals surface area contributed by atoms with Crippen LogP contribution in [-0.4, -0.2) is 17.3 Å². The molecule has 3 heteroatoms. The fraction of sp³-hybridized carbons (Fsp3) is 0.800. The monoisotopic (exact) mass is 185 g/mol. The molecule has 0 amide bonds. The van der Waals surface area contributed by atoms with Crippen molar-refractivity contribution in [1.82, 2.24) is 0 Å². The summed E-state index contributed by atoms with van der Waals surface area (Å²) in [6, 6.07) is 0. The normalized spacial score (nSPS) is 12.5. The smallest absolute Gasteiger partial charge is 0.353 e. The molecule has 0 unspecified atom stereocenters. The van der Waals surface area contributed by atoms with E-state index in [-0.39, 0.29) is 5.71 Å². The van der Waals surface area contributed by atoms with Crippen LogP contribution in [-0.2, 0) is 9.53 Å². The Labute approximate surface area is 80.0 Å². The van der Waals surface area contributed by atoms with Crippen LogP contribution < -0.4 is 0 Å². The van der Waals surface area contributed by atoms with Crippen molar-refractivity contribution in [2.45, 2.75) is 47.1 Å². The van der Waals surface area contributed by atoms with Gasteiger partial charge in [-0.15, -0.1) is 0 Å². The zero-order valence-electron chi connectivity index (χ0n) is 9.32. The second-order valence-corrected chi connectivity index (χ2v) is 5.13. The molecule has 0 aromatic heterocycles. The van der Waals surface area contributed by atoms with Gasteiger partial charge in [-0.25, -0.2) is 4.79 Å². The second kappa shape index (κ2) is 3.48. The first-order valence-corrected chi connectivity index (χ1v) is 4.36. The maximum atomic E-state index is 11.4. The van der Waals surface area contributed by atoms with Gasteiger partial charge in [0.25, 0.3) is 0 Å². The van der Waals surface area contributed by atoms with Gasteiger partial charge in [0.05, 0.1) is 0 Å². The Kier molecular flexibility index (Phi) is 3.25. The van der Waals surface area contributed by atoms with Gasteiger partial charge in [0, 0.05) is 5.41 Å². The number of carbonyl (C=O) groups is 1. The average Bonchev–Trinajstić information content (AvgIpc) is 1.79. The Morgan fingerprint density at radius 1 is 1.08 bits per heavy atom. The Morgan fingerprint density at radius 2 is 1.46 bits per heavy atom. The fourth-order valence-electron chi connectivity index (χ4n) is 0.635. The lowest BCUT2D eigenvalue weighted by Crippen LogP contribution is -2.34. The lowest BCUT2D eigenvalue weighted by atomic mass is 9.90. The van der Waals surface area contributed by atoms with E-state index in [1.54, 1.807) is 20.8 Å². The van der Waals surface area contributed by atoms with Crippen LogP contribution in [0, 0.1) is 10.8 Å². The van der Waals surface area contributed by atoms with Crippen molar-refractivity contribution in [2.24, 2.45) is 5.41 Å². The number of hydrogen-bond acceptors (Lipinski definition) is 3. The SMILES string of the molecule is CC(C)(C)OC(=O)C(=N)C(C)(C)C. The van der Waals surface area contributed by atoms with Crippen LogP contribution in [0.4, 0.5) is 0 Å². The Hall–Kier alpha value is -0.860. The summed E-state index contributed by atoms with van der Waals surface area (Å²) in [5, 5.41) is 7.55. The quantitative estimate of drug-likeness (QED) is 0.503. The largest absolute Gasteiger partial charge is 0.455 e. The third kappa shape index (κ3) is 4.65. The predicted octanol–water partition coefficient (Wildman–Crippen LogP) is 2.39. The van der Waals surface area contributed by atoms with E-state index in [1.165, 1.54) is 0 Å². The molecule has 0 bridgehead atoms. The maximum Gasteiger partial charge on any atom is 0.353 e. The first-order chi connectivity index (χ1) is 5.54. The zero-order chi connectivity index (χ0) is 10.9.